The Labute approximate surface area is 654 Å². The molecule has 2 atom stereocenters. The Balaban J connectivity index is 0.000000149. The van der Waals surface area contributed by atoms with Crippen LogP contribution in [0.15, 0.2) is 0 Å². The molecule has 16 saturated carbocycles. The number of hydrogen-bond acceptors (Lipinski definition) is 17. The van der Waals surface area contributed by atoms with Crippen molar-refractivity contribution in [3.05, 3.63) is 0 Å². The number of amides is 2. The first kappa shape index (κ1) is 87.8. The maximum Gasteiger partial charge on any atom is 0.410 e. The lowest BCUT2D eigenvalue weighted by Crippen LogP contribution is -2.54. The van der Waals surface area contributed by atoms with Crippen LogP contribution in [0, 0.1) is 128 Å². The molecule has 0 aromatic rings. The van der Waals surface area contributed by atoms with E-state index >= 15 is 0 Å². The maximum absolute atomic E-state index is 12.4. The third-order valence-corrected chi connectivity index (χ3v) is 27.0. The molecule has 0 radical (unpaired) electrons. The van der Waals surface area contributed by atoms with E-state index in [2.05, 4.69) is 47.8 Å². The molecule has 0 spiro atoms. The van der Waals surface area contributed by atoms with E-state index in [4.69, 9.17) is 31.5 Å². The number of Topliss-reactive ketones (excluding diaryl/α,β-unsaturated/α-hetero) is 2. The van der Waals surface area contributed by atoms with Gasteiger partial charge in [0.1, 0.15) is 18.3 Å². The lowest BCUT2D eigenvalue weighted by Gasteiger charge is -2.58. The van der Waals surface area contributed by atoms with Gasteiger partial charge in [-0.25, -0.2) is 4.79 Å². The van der Waals surface area contributed by atoms with E-state index in [1.54, 1.807) is 0 Å². The largest absolute Gasteiger partial charge is 0.446 e. The van der Waals surface area contributed by atoms with Crippen molar-refractivity contribution in [1.29, 1.82) is 0 Å². The number of cyclic esters (lactones) is 5. The van der Waals surface area contributed by atoms with Crippen molar-refractivity contribution in [2.45, 2.75) is 333 Å². The van der Waals surface area contributed by atoms with Crippen LogP contribution in [-0.2, 0) is 62.0 Å². The summed E-state index contributed by atoms with van der Waals surface area (Å²) in [6.07, 6.45) is 39.7. The zero-order valence-electron chi connectivity index (χ0n) is 69.2. The first-order chi connectivity index (χ1) is 50.6. The summed E-state index contributed by atoms with van der Waals surface area (Å²) >= 11 is 5.03. The van der Waals surface area contributed by atoms with Gasteiger partial charge in [-0.1, -0.05) is 69.2 Å². The number of aliphatic hydroxyl groups excluding tert-OH is 1. The number of aliphatic hydroxyl groups is 1. The van der Waals surface area contributed by atoms with Crippen molar-refractivity contribution < 1.29 is 71.9 Å². The van der Waals surface area contributed by atoms with Gasteiger partial charge in [0.05, 0.1) is 12.5 Å². The molecule has 0 aromatic carbocycles. The number of ether oxygens (including phenoxy) is 5. The minimum atomic E-state index is -1.41. The molecule has 108 heavy (non-hydrogen) atoms. The molecule has 19 fully saturated rings. The molecule has 19 rings (SSSR count). The zero-order valence-corrected chi connectivity index (χ0v) is 69.9. The Bertz CT molecular complexity index is 2870. The molecular weight excluding hydrogens is 1390 g/mol. The summed E-state index contributed by atoms with van der Waals surface area (Å²) in [4.78, 5) is 104. The minimum absolute atomic E-state index is 0.0346. The van der Waals surface area contributed by atoms with Crippen molar-refractivity contribution in [3.63, 3.8) is 0 Å². The van der Waals surface area contributed by atoms with E-state index in [1.807, 2.05) is 46.4 Å². The lowest BCUT2D eigenvalue weighted by atomic mass is 9.49. The van der Waals surface area contributed by atoms with E-state index in [1.165, 1.54) is 188 Å². The summed E-state index contributed by atoms with van der Waals surface area (Å²) in [7, 11) is 0. The molecular formula is C88H145ClN4O15. The van der Waals surface area contributed by atoms with E-state index in [0.717, 1.165) is 129 Å². The highest BCUT2D eigenvalue weighted by Crippen LogP contribution is 2.63. The van der Waals surface area contributed by atoms with Gasteiger partial charge < -0.3 is 50.1 Å². The zero-order chi connectivity index (χ0) is 78.8. The topological polar surface area (TPSA) is 273 Å². The van der Waals surface area contributed by atoms with Crippen LogP contribution in [0.4, 0.5) is 4.79 Å². The molecule has 16 aliphatic carbocycles. The number of rotatable bonds is 23. The maximum atomic E-state index is 12.4. The molecule has 19 nitrogen and oxygen atoms in total. The van der Waals surface area contributed by atoms with Crippen LogP contribution >= 0.6 is 11.6 Å². The Morgan fingerprint density at radius 3 is 1.23 bits per heavy atom. The Morgan fingerprint density at radius 2 is 0.889 bits per heavy atom. The lowest BCUT2D eigenvalue weighted by molar-refractivity contribution is -0.239. The van der Waals surface area contributed by atoms with Crippen molar-refractivity contribution in [3.8, 4) is 0 Å². The van der Waals surface area contributed by atoms with Gasteiger partial charge in [-0.2, -0.15) is 0 Å². The predicted molar refractivity (Wildman–Crippen MR) is 418 cm³/mol. The highest BCUT2D eigenvalue weighted by molar-refractivity contribution is 6.63. The van der Waals surface area contributed by atoms with Gasteiger partial charge in [-0.15, -0.1) is 0 Å². The van der Waals surface area contributed by atoms with Crippen LogP contribution in [0.2, 0.25) is 0 Å². The number of carbonyl (C=O) groups excluding carboxylic acids is 9. The summed E-state index contributed by atoms with van der Waals surface area (Å²) in [5.74, 6) is 7.14. The van der Waals surface area contributed by atoms with Crippen LogP contribution in [0.1, 0.15) is 309 Å². The number of nitrogens with two attached hydrogens (primary N) is 1. The van der Waals surface area contributed by atoms with E-state index in [9.17, 15) is 48.3 Å². The fraction of sp³-hybridized carbons (Fsp3) is 0.898. The predicted octanol–water partition coefficient (Wildman–Crippen LogP) is 16.6. The third-order valence-electron chi connectivity index (χ3n) is 26.8. The molecule has 3 heterocycles. The first-order valence-electron chi connectivity index (χ1n) is 43.1. The van der Waals surface area contributed by atoms with Crippen LogP contribution in [0.5, 0.6) is 0 Å². The van der Waals surface area contributed by atoms with Crippen LogP contribution in [0.25, 0.3) is 0 Å². The molecule has 3 aliphatic heterocycles. The summed E-state index contributed by atoms with van der Waals surface area (Å²) in [5, 5.41) is 16.5. The number of nitrogens with one attached hydrogen (secondary N) is 2. The highest BCUT2D eigenvalue weighted by Gasteiger charge is 2.55. The van der Waals surface area contributed by atoms with Crippen molar-refractivity contribution >= 4 is 64.3 Å². The molecule has 20 heteroatoms. The molecule has 2 amide bonds. The minimum Gasteiger partial charge on any atom is -0.446 e. The molecule has 5 N–H and O–H groups in total. The summed E-state index contributed by atoms with van der Waals surface area (Å²) in [6, 6.07) is 0. The molecule has 614 valence electrons. The Hall–Kier alpha value is -4.20. The molecule has 0 aromatic heterocycles. The quantitative estimate of drug-likeness (QED) is 0.0243. The van der Waals surface area contributed by atoms with E-state index in [0.29, 0.717) is 58.2 Å². The second kappa shape index (κ2) is 37.8. The van der Waals surface area contributed by atoms with Gasteiger partial charge in [-0.05, 0) is 320 Å². The second-order valence-corrected chi connectivity index (χ2v) is 41.7. The number of nitrogens with zero attached hydrogens (tertiary/aromatic N) is 1. The number of carbonyl (C=O) groups is 9. The number of ketones is 2. The summed E-state index contributed by atoms with van der Waals surface area (Å²) in [6.45, 7) is 32.2. The second-order valence-electron chi connectivity index (χ2n) is 41.3. The van der Waals surface area contributed by atoms with Gasteiger partial charge in [-0.3, -0.25) is 38.4 Å². The fourth-order valence-electron chi connectivity index (χ4n) is 24.9. The average Bonchev–Trinajstić information content (AvgIpc) is 0.765. The standard InChI is InChI=1S/C19H31NO2.C18H29NO2.C18H33NO.C11H19N.C11H16O5.C6H8O4.C5H9ClO/c1-13(2)5-17-3-4-20(18(21)22-17)12-19-9-14-6-15(10-19)8-16(7-14)11-19;1-12(2)3-16(20)7-17(21)19-11-18-8-13-4-14(9-18)6-15(5-13)10-18;1-13(2)5-17(20)3-4-19-12-18-9-14-6-15(10-18)8-16(7-14)11-18;12-7-11-4-8-1-9(5-11)3-10(2-8)6-11;1-6(2)5-7(12)8-9(13)15-11(3,4)16-10(8)14;1-6(2)9-4(7)3-5(8)10-6;1-4(2)3-5(6)7/h13-17H,3-12H2,1-2H3;12-15H,3-11H2,1-2H3,(H,19,21);13-17,19-20H,3-12H2,1-2H3;8-10H,1-7,12H2;6,8H,5H2,1-4H3;3H2,1-2H3;4H,3H2,1-2H3. The average molecular weight is 1530 g/mol. The summed E-state index contributed by atoms with van der Waals surface area (Å²) in [5.41, 5.74) is 7.99. The van der Waals surface area contributed by atoms with Gasteiger partial charge in [0.15, 0.2) is 5.78 Å². The van der Waals surface area contributed by atoms with Crippen LogP contribution < -0.4 is 16.4 Å². The molecule has 19 aliphatic rings. The SMILES string of the molecule is CC(C)CC(=O)C1C(=O)OC(C)(C)OC1=O.CC(C)CC(=O)CC(=O)NCC12CC3CC(CC(C3)C1)C2.CC(C)CC(=O)Cl.CC(C)CC(O)CCNCC12CC3CC(CC(C3)C1)C2.CC(C)CC1CCN(CC23CC4CC(CC(C4)C2)C3)C(=O)O1.CC1(C)OC(=O)CC(=O)O1.NCC12CC3CC(CC(C3)C1)C2. The van der Waals surface area contributed by atoms with E-state index < -0.39 is 47.2 Å². The van der Waals surface area contributed by atoms with Gasteiger partial charge in [0.2, 0.25) is 17.1 Å². The van der Waals surface area contributed by atoms with Crippen molar-refractivity contribution in [1.82, 2.24) is 15.5 Å². The van der Waals surface area contributed by atoms with Gasteiger partial charge in [0.25, 0.3) is 11.6 Å². The highest BCUT2D eigenvalue weighted by atomic mass is 35.5. The van der Waals surface area contributed by atoms with Gasteiger partial charge >= 0.3 is 30.0 Å². The molecule has 2 unspecified atom stereocenters. The van der Waals surface area contributed by atoms with Crippen molar-refractivity contribution in [2.75, 3.05) is 39.3 Å². The molecule has 3 saturated heterocycles. The third kappa shape index (κ3) is 26.2. The van der Waals surface area contributed by atoms with Crippen molar-refractivity contribution in [2.24, 2.45) is 134 Å². The summed E-state index contributed by atoms with van der Waals surface area (Å²) < 4.78 is 24.7. The van der Waals surface area contributed by atoms with Crippen LogP contribution in [0.3, 0.4) is 0 Å². The first-order valence-corrected chi connectivity index (χ1v) is 43.5. The number of hydrogen-bond donors (Lipinski definition) is 4. The smallest absolute Gasteiger partial charge is 0.410 e. The molecule has 16 bridgehead atoms. The number of halogens is 1. The number of esters is 4. The fourth-order valence-corrected chi connectivity index (χ4v) is 25.2. The Morgan fingerprint density at radius 1 is 0.509 bits per heavy atom. The van der Waals surface area contributed by atoms with Crippen LogP contribution in [-0.4, -0.2) is 126 Å². The van der Waals surface area contributed by atoms with Gasteiger partial charge in [0, 0.05) is 79.6 Å². The normalized spacial score (nSPS) is 35.7. The van der Waals surface area contributed by atoms with E-state index in [-0.39, 0.29) is 60.4 Å². The Kier molecular flexibility index (Phi) is 30.7. The monoisotopic (exact) mass is 1530 g/mol.